The van der Waals surface area contributed by atoms with Crippen LogP contribution in [-0.2, 0) is 9.53 Å². The first-order valence-corrected chi connectivity index (χ1v) is 10.3. The zero-order valence-electron chi connectivity index (χ0n) is 16.0. The normalized spacial score (nSPS) is 50.7. The molecule has 0 aromatic carbocycles. The van der Waals surface area contributed by atoms with Crippen molar-refractivity contribution in [2.24, 2.45) is 39.7 Å². The van der Waals surface area contributed by atoms with E-state index < -0.39 is 0 Å². The number of carbonyl (C=O) groups excluding carboxylic acids is 1. The van der Waals surface area contributed by atoms with Gasteiger partial charge in [0.05, 0.1) is 5.71 Å². The molecule has 0 aromatic heterocycles. The third kappa shape index (κ3) is 2.54. The highest BCUT2D eigenvalue weighted by Crippen LogP contribution is 2.66. The molecule has 0 aromatic rings. The highest BCUT2D eigenvalue weighted by molar-refractivity contribution is 5.85. The molecular weight excluding hydrogens is 314 g/mol. The first-order chi connectivity index (χ1) is 11.9. The smallest absolute Gasteiger partial charge is 0.302 e. The van der Waals surface area contributed by atoms with Gasteiger partial charge in [0.15, 0.2) is 0 Å². The lowest BCUT2D eigenvalue weighted by atomic mass is 9.45. The lowest BCUT2D eigenvalue weighted by Gasteiger charge is -2.60. The van der Waals surface area contributed by atoms with E-state index in [1.165, 1.54) is 38.5 Å². The quantitative estimate of drug-likeness (QED) is 0.421. The molecule has 0 spiro atoms. The molecule has 0 radical (unpaired) electrons. The third-order valence-corrected chi connectivity index (χ3v) is 8.86. The summed E-state index contributed by atoms with van der Waals surface area (Å²) in [6.45, 7) is 6.46. The van der Waals surface area contributed by atoms with Gasteiger partial charge in [0.1, 0.15) is 6.10 Å². The van der Waals surface area contributed by atoms with Crippen LogP contribution in [-0.4, -0.2) is 23.0 Å². The predicted octanol–water partition coefficient (Wildman–Crippen LogP) is 4.79. The number of oxime groups is 1. The number of rotatable bonds is 1. The molecule has 4 aliphatic carbocycles. The molecule has 4 saturated carbocycles. The first kappa shape index (κ1) is 17.4. The number of nitrogens with zero attached hydrogens (tertiary/aromatic N) is 1. The maximum absolute atomic E-state index is 11.5. The summed E-state index contributed by atoms with van der Waals surface area (Å²) in [5.41, 5.74) is 1.60. The molecule has 0 aliphatic heterocycles. The third-order valence-electron chi connectivity index (χ3n) is 8.86. The van der Waals surface area contributed by atoms with E-state index in [0.717, 1.165) is 36.8 Å². The van der Waals surface area contributed by atoms with E-state index in [4.69, 9.17) is 4.74 Å². The number of ether oxygens (including phenoxy) is 1. The molecule has 0 unspecified atom stereocenters. The van der Waals surface area contributed by atoms with Crippen molar-refractivity contribution in [3.8, 4) is 0 Å². The highest BCUT2D eigenvalue weighted by atomic mass is 16.5. The van der Waals surface area contributed by atoms with Gasteiger partial charge in [-0.25, -0.2) is 0 Å². The zero-order valence-corrected chi connectivity index (χ0v) is 16.0. The van der Waals surface area contributed by atoms with E-state index in [9.17, 15) is 10.0 Å². The van der Waals surface area contributed by atoms with E-state index in [1.807, 2.05) is 0 Å². The molecule has 4 fully saturated rings. The van der Waals surface area contributed by atoms with Crippen LogP contribution in [0.4, 0.5) is 0 Å². The van der Waals surface area contributed by atoms with Crippen LogP contribution in [0.2, 0.25) is 0 Å². The SMILES string of the molecule is CC(=O)O[C@H]1CC[C@H]2[C@@H]3CC[C@H]4C/C(=N/O)CC[C@]4(C)[C@H]3CC[C@]12C. The summed E-state index contributed by atoms with van der Waals surface area (Å²) in [6, 6.07) is 0. The topological polar surface area (TPSA) is 58.9 Å². The lowest BCUT2D eigenvalue weighted by molar-refractivity contribution is -0.160. The average Bonchev–Trinajstić information content (AvgIpc) is 2.90. The molecule has 4 heteroatoms. The van der Waals surface area contributed by atoms with Crippen molar-refractivity contribution in [3.63, 3.8) is 0 Å². The fourth-order valence-corrected chi connectivity index (χ4v) is 7.50. The van der Waals surface area contributed by atoms with Gasteiger partial charge in [0.2, 0.25) is 0 Å². The molecule has 140 valence electrons. The van der Waals surface area contributed by atoms with E-state index in [0.29, 0.717) is 17.3 Å². The summed E-state index contributed by atoms with van der Waals surface area (Å²) in [5, 5.41) is 12.7. The molecule has 4 nitrogen and oxygen atoms in total. The summed E-state index contributed by atoms with van der Waals surface area (Å²) in [5.74, 6) is 2.85. The fraction of sp³-hybridized carbons (Fsp3) is 0.905. The van der Waals surface area contributed by atoms with Crippen LogP contribution in [0.25, 0.3) is 0 Å². The minimum absolute atomic E-state index is 0.118. The van der Waals surface area contributed by atoms with Crippen molar-refractivity contribution in [1.29, 1.82) is 0 Å². The van der Waals surface area contributed by atoms with E-state index in [1.54, 1.807) is 6.92 Å². The Hall–Kier alpha value is -1.06. The number of carbonyl (C=O) groups is 1. The summed E-state index contributed by atoms with van der Waals surface area (Å²) in [6.07, 6.45) is 10.6. The van der Waals surface area contributed by atoms with E-state index in [2.05, 4.69) is 19.0 Å². The largest absolute Gasteiger partial charge is 0.462 e. The molecule has 0 heterocycles. The second-order valence-corrected chi connectivity index (χ2v) is 9.75. The Morgan fingerprint density at radius 3 is 2.56 bits per heavy atom. The second kappa shape index (κ2) is 5.99. The Morgan fingerprint density at radius 1 is 1.08 bits per heavy atom. The molecule has 4 rings (SSSR count). The molecule has 25 heavy (non-hydrogen) atoms. The van der Waals surface area contributed by atoms with Crippen LogP contribution in [0.3, 0.4) is 0 Å². The van der Waals surface area contributed by atoms with Gasteiger partial charge >= 0.3 is 5.97 Å². The Bertz CT molecular complexity index is 588. The van der Waals surface area contributed by atoms with Crippen LogP contribution >= 0.6 is 0 Å². The van der Waals surface area contributed by atoms with Crippen LogP contribution in [0.1, 0.15) is 78.6 Å². The number of hydrogen-bond donors (Lipinski definition) is 1. The molecular formula is C21H33NO3. The van der Waals surface area contributed by atoms with Crippen molar-refractivity contribution in [2.45, 2.75) is 84.7 Å². The molecule has 0 bridgehead atoms. The minimum atomic E-state index is -0.118. The Morgan fingerprint density at radius 2 is 1.84 bits per heavy atom. The Labute approximate surface area is 151 Å². The standard InChI is InChI=1S/C21H33NO3/c1-13(23)25-19-7-6-17-16-5-4-14-12-15(22-24)8-10-20(14,2)18(16)9-11-21(17,19)3/h14,16-19,24H,4-12H2,1-3H3/b22-15+/t14-,16-,17-,18-,19-,20-,21-/m0/s1. The van der Waals surface area contributed by atoms with Gasteiger partial charge in [-0.2, -0.15) is 0 Å². The van der Waals surface area contributed by atoms with Crippen molar-refractivity contribution >= 4 is 11.7 Å². The van der Waals surface area contributed by atoms with Gasteiger partial charge in [0.25, 0.3) is 0 Å². The van der Waals surface area contributed by atoms with Crippen LogP contribution in [0, 0.1) is 34.5 Å². The predicted molar refractivity (Wildman–Crippen MR) is 96.5 cm³/mol. The van der Waals surface area contributed by atoms with Crippen LogP contribution in [0.15, 0.2) is 5.16 Å². The fourth-order valence-electron chi connectivity index (χ4n) is 7.50. The number of fused-ring (bicyclic) bond motifs is 5. The van der Waals surface area contributed by atoms with Crippen LogP contribution < -0.4 is 0 Å². The monoisotopic (exact) mass is 347 g/mol. The molecule has 1 N–H and O–H groups in total. The van der Waals surface area contributed by atoms with Gasteiger partial charge in [-0.15, -0.1) is 0 Å². The van der Waals surface area contributed by atoms with Gasteiger partial charge in [-0.3, -0.25) is 4.79 Å². The van der Waals surface area contributed by atoms with Crippen LogP contribution in [0.5, 0.6) is 0 Å². The van der Waals surface area contributed by atoms with Gasteiger partial charge in [-0.1, -0.05) is 19.0 Å². The lowest BCUT2D eigenvalue weighted by Crippen LogP contribution is -2.54. The second-order valence-electron chi connectivity index (χ2n) is 9.75. The Kier molecular flexibility index (Phi) is 4.16. The highest BCUT2D eigenvalue weighted by Gasteiger charge is 2.60. The van der Waals surface area contributed by atoms with Crippen molar-refractivity contribution < 1.29 is 14.7 Å². The molecule has 7 atom stereocenters. The average molecular weight is 347 g/mol. The van der Waals surface area contributed by atoms with Gasteiger partial charge in [0, 0.05) is 12.3 Å². The van der Waals surface area contributed by atoms with Crippen molar-refractivity contribution in [2.75, 3.05) is 0 Å². The van der Waals surface area contributed by atoms with Crippen molar-refractivity contribution in [1.82, 2.24) is 0 Å². The Balaban J connectivity index is 1.57. The maximum Gasteiger partial charge on any atom is 0.302 e. The van der Waals surface area contributed by atoms with E-state index in [-0.39, 0.29) is 17.5 Å². The van der Waals surface area contributed by atoms with Gasteiger partial charge < -0.3 is 9.94 Å². The minimum Gasteiger partial charge on any atom is -0.462 e. The number of hydrogen-bond acceptors (Lipinski definition) is 4. The summed E-state index contributed by atoms with van der Waals surface area (Å²) in [7, 11) is 0. The first-order valence-electron chi connectivity index (χ1n) is 10.3. The van der Waals surface area contributed by atoms with E-state index >= 15 is 0 Å². The number of esters is 1. The summed E-state index contributed by atoms with van der Waals surface area (Å²) >= 11 is 0. The maximum atomic E-state index is 11.5. The molecule has 4 aliphatic rings. The van der Waals surface area contributed by atoms with Crippen molar-refractivity contribution in [3.05, 3.63) is 0 Å². The zero-order chi connectivity index (χ0) is 17.8. The molecule has 0 amide bonds. The van der Waals surface area contributed by atoms with Gasteiger partial charge in [-0.05, 0) is 86.9 Å². The summed E-state index contributed by atoms with van der Waals surface area (Å²) in [4.78, 5) is 11.5. The summed E-state index contributed by atoms with van der Waals surface area (Å²) < 4.78 is 5.74. The molecule has 0 saturated heterocycles.